The number of benzene rings is 2. The standard InChI is InChI=1S/C19H21NO2S/c1-13-12-15-6-4-5-7-18(15)20(13)19(21)14(2)23-17-10-8-16(22-3)9-11-17/h4-11,13-14H,12H2,1-3H3/t13-,14+/m0/s1. The van der Waals surface area contributed by atoms with Crippen molar-refractivity contribution in [3.05, 3.63) is 54.1 Å². The molecule has 1 aliphatic rings. The summed E-state index contributed by atoms with van der Waals surface area (Å²) in [6.45, 7) is 4.09. The molecule has 0 saturated heterocycles. The Hall–Kier alpha value is -1.94. The van der Waals surface area contributed by atoms with Gasteiger partial charge >= 0.3 is 0 Å². The Morgan fingerprint density at radius 3 is 2.61 bits per heavy atom. The summed E-state index contributed by atoms with van der Waals surface area (Å²) in [4.78, 5) is 16.0. The highest BCUT2D eigenvalue weighted by Gasteiger charge is 2.33. The second-order valence-corrected chi connectivity index (χ2v) is 7.24. The van der Waals surface area contributed by atoms with E-state index in [2.05, 4.69) is 13.0 Å². The fourth-order valence-electron chi connectivity index (χ4n) is 3.01. The first-order chi connectivity index (χ1) is 11.1. The fraction of sp³-hybridized carbons (Fsp3) is 0.316. The summed E-state index contributed by atoms with van der Waals surface area (Å²) in [5.74, 6) is 0.999. The minimum atomic E-state index is -0.128. The Balaban J connectivity index is 1.74. The molecule has 2 atom stereocenters. The maximum atomic E-state index is 12.9. The fourth-order valence-corrected chi connectivity index (χ4v) is 3.92. The van der Waals surface area contributed by atoms with Gasteiger partial charge in [0.05, 0.1) is 12.4 Å². The van der Waals surface area contributed by atoms with Gasteiger partial charge in [-0.3, -0.25) is 4.79 Å². The second-order valence-electron chi connectivity index (χ2n) is 5.83. The van der Waals surface area contributed by atoms with Gasteiger partial charge in [-0.05, 0) is 56.2 Å². The smallest absolute Gasteiger partial charge is 0.240 e. The molecule has 0 N–H and O–H groups in total. The number of hydrogen-bond acceptors (Lipinski definition) is 3. The molecule has 2 aromatic rings. The van der Waals surface area contributed by atoms with E-state index in [4.69, 9.17) is 4.74 Å². The van der Waals surface area contributed by atoms with Crippen molar-refractivity contribution in [1.82, 2.24) is 0 Å². The molecule has 0 saturated carbocycles. The Kier molecular flexibility index (Phi) is 4.62. The van der Waals surface area contributed by atoms with Crippen LogP contribution in [0.3, 0.4) is 0 Å². The molecule has 3 nitrogen and oxygen atoms in total. The van der Waals surface area contributed by atoms with Crippen molar-refractivity contribution in [3.8, 4) is 5.75 Å². The Morgan fingerprint density at radius 1 is 1.22 bits per heavy atom. The number of carbonyl (C=O) groups excluding carboxylic acids is 1. The average molecular weight is 327 g/mol. The number of thioether (sulfide) groups is 1. The number of anilines is 1. The largest absolute Gasteiger partial charge is 0.497 e. The van der Waals surface area contributed by atoms with E-state index in [1.165, 1.54) is 5.56 Å². The van der Waals surface area contributed by atoms with Gasteiger partial charge in [-0.1, -0.05) is 18.2 Å². The lowest BCUT2D eigenvalue weighted by Crippen LogP contribution is -2.40. The van der Waals surface area contributed by atoms with Gasteiger partial charge in [-0.2, -0.15) is 0 Å². The molecule has 1 amide bonds. The molecule has 0 fully saturated rings. The van der Waals surface area contributed by atoms with Gasteiger partial charge in [0.2, 0.25) is 5.91 Å². The van der Waals surface area contributed by atoms with Crippen LogP contribution >= 0.6 is 11.8 Å². The van der Waals surface area contributed by atoms with Crippen LogP contribution in [-0.2, 0) is 11.2 Å². The third-order valence-electron chi connectivity index (χ3n) is 4.16. The van der Waals surface area contributed by atoms with Gasteiger partial charge in [0.25, 0.3) is 0 Å². The average Bonchev–Trinajstić information content (AvgIpc) is 2.90. The van der Waals surface area contributed by atoms with Gasteiger partial charge in [0.1, 0.15) is 5.75 Å². The van der Waals surface area contributed by atoms with E-state index in [0.717, 1.165) is 22.8 Å². The van der Waals surface area contributed by atoms with Crippen LogP contribution < -0.4 is 9.64 Å². The summed E-state index contributed by atoms with van der Waals surface area (Å²) in [6, 6.07) is 16.2. The van der Waals surface area contributed by atoms with Crippen molar-refractivity contribution >= 4 is 23.4 Å². The molecular formula is C19H21NO2S. The predicted octanol–water partition coefficient (Wildman–Crippen LogP) is 4.15. The normalized spacial score (nSPS) is 17.7. The van der Waals surface area contributed by atoms with Crippen LogP contribution in [0.5, 0.6) is 5.75 Å². The van der Waals surface area contributed by atoms with Gasteiger partial charge in [-0.15, -0.1) is 11.8 Å². The van der Waals surface area contributed by atoms with Crippen molar-refractivity contribution in [2.24, 2.45) is 0 Å². The number of hydrogen-bond donors (Lipinski definition) is 0. The van der Waals surface area contributed by atoms with E-state index < -0.39 is 0 Å². The first-order valence-electron chi connectivity index (χ1n) is 7.82. The molecule has 0 spiro atoms. The quantitative estimate of drug-likeness (QED) is 0.790. The van der Waals surface area contributed by atoms with E-state index in [-0.39, 0.29) is 17.2 Å². The summed E-state index contributed by atoms with van der Waals surface area (Å²) >= 11 is 1.59. The number of ether oxygens (including phenoxy) is 1. The second kappa shape index (κ2) is 6.67. The minimum absolute atomic E-state index is 0.128. The highest BCUT2D eigenvalue weighted by Crippen LogP contribution is 2.35. The molecule has 23 heavy (non-hydrogen) atoms. The van der Waals surface area contributed by atoms with Crippen LogP contribution in [0, 0.1) is 0 Å². The monoisotopic (exact) mass is 327 g/mol. The van der Waals surface area contributed by atoms with Crippen LogP contribution in [0.4, 0.5) is 5.69 Å². The molecule has 0 unspecified atom stereocenters. The van der Waals surface area contributed by atoms with Crippen molar-refractivity contribution in [3.63, 3.8) is 0 Å². The third-order valence-corrected chi connectivity index (χ3v) is 5.26. The lowest BCUT2D eigenvalue weighted by Gasteiger charge is -2.26. The zero-order valence-corrected chi connectivity index (χ0v) is 14.5. The molecule has 1 heterocycles. The highest BCUT2D eigenvalue weighted by atomic mass is 32.2. The molecule has 1 aliphatic heterocycles. The van der Waals surface area contributed by atoms with Crippen LogP contribution in [0.2, 0.25) is 0 Å². The number of para-hydroxylation sites is 1. The number of fused-ring (bicyclic) bond motifs is 1. The highest BCUT2D eigenvalue weighted by molar-refractivity contribution is 8.00. The predicted molar refractivity (Wildman–Crippen MR) is 95.4 cm³/mol. The lowest BCUT2D eigenvalue weighted by molar-refractivity contribution is -0.118. The Labute approximate surface area is 141 Å². The SMILES string of the molecule is COc1ccc(S[C@H](C)C(=O)N2c3ccccc3C[C@@H]2C)cc1. The van der Waals surface area contributed by atoms with Crippen molar-refractivity contribution in [2.45, 2.75) is 36.5 Å². The molecule has 0 aliphatic carbocycles. The molecule has 0 bridgehead atoms. The summed E-state index contributed by atoms with van der Waals surface area (Å²) in [5.41, 5.74) is 2.32. The maximum absolute atomic E-state index is 12.9. The zero-order valence-electron chi connectivity index (χ0n) is 13.7. The molecule has 120 valence electrons. The summed E-state index contributed by atoms with van der Waals surface area (Å²) < 4.78 is 5.17. The molecule has 4 heteroatoms. The topological polar surface area (TPSA) is 29.5 Å². The molecular weight excluding hydrogens is 306 g/mol. The summed E-state index contributed by atoms with van der Waals surface area (Å²) in [6.07, 6.45) is 0.932. The number of methoxy groups -OCH3 is 1. The van der Waals surface area contributed by atoms with Gasteiger partial charge in [-0.25, -0.2) is 0 Å². The van der Waals surface area contributed by atoms with E-state index >= 15 is 0 Å². The summed E-state index contributed by atoms with van der Waals surface area (Å²) in [7, 11) is 1.65. The Morgan fingerprint density at radius 2 is 1.91 bits per heavy atom. The van der Waals surface area contributed by atoms with E-state index in [1.54, 1.807) is 18.9 Å². The van der Waals surface area contributed by atoms with Crippen LogP contribution in [-0.4, -0.2) is 24.3 Å². The zero-order chi connectivity index (χ0) is 16.4. The molecule has 0 radical (unpaired) electrons. The lowest BCUT2D eigenvalue weighted by atomic mass is 10.1. The van der Waals surface area contributed by atoms with Gasteiger partial charge in [0, 0.05) is 16.6 Å². The number of nitrogens with zero attached hydrogens (tertiary/aromatic N) is 1. The van der Waals surface area contributed by atoms with Gasteiger partial charge in [0.15, 0.2) is 0 Å². The van der Waals surface area contributed by atoms with E-state index in [0.29, 0.717) is 0 Å². The first kappa shape index (κ1) is 15.9. The molecule has 3 rings (SSSR count). The summed E-state index contributed by atoms with van der Waals surface area (Å²) in [5, 5.41) is -0.128. The Bertz CT molecular complexity index is 699. The number of carbonyl (C=O) groups is 1. The van der Waals surface area contributed by atoms with Crippen LogP contribution in [0.25, 0.3) is 0 Å². The first-order valence-corrected chi connectivity index (χ1v) is 8.70. The van der Waals surface area contributed by atoms with Gasteiger partial charge < -0.3 is 9.64 Å². The van der Waals surface area contributed by atoms with Crippen LogP contribution in [0.15, 0.2) is 53.4 Å². The number of rotatable bonds is 4. The number of amides is 1. The van der Waals surface area contributed by atoms with Crippen LogP contribution in [0.1, 0.15) is 19.4 Å². The minimum Gasteiger partial charge on any atom is -0.497 e. The van der Waals surface area contributed by atoms with E-state index in [9.17, 15) is 4.79 Å². The van der Waals surface area contributed by atoms with Crippen molar-refractivity contribution in [2.75, 3.05) is 12.0 Å². The maximum Gasteiger partial charge on any atom is 0.240 e. The van der Waals surface area contributed by atoms with E-state index in [1.807, 2.05) is 54.3 Å². The third kappa shape index (κ3) is 3.22. The molecule has 2 aromatic carbocycles. The molecule has 0 aromatic heterocycles. The van der Waals surface area contributed by atoms with Crippen molar-refractivity contribution < 1.29 is 9.53 Å². The van der Waals surface area contributed by atoms with Crippen molar-refractivity contribution in [1.29, 1.82) is 0 Å².